The molecule has 3 heteroatoms. The second-order valence-corrected chi connectivity index (χ2v) is 5.43. The van der Waals surface area contributed by atoms with Crippen molar-refractivity contribution in [1.29, 1.82) is 0 Å². The number of carbonyl (C=O) groups excluding carboxylic acids is 1. The van der Waals surface area contributed by atoms with Crippen LogP contribution >= 0.6 is 11.6 Å². The van der Waals surface area contributed by atoms with Gasteiger partial charge in [-0.25, -0.2) is 0 Å². The highest BCUT2D eigenvalue weighted by Crippen LogP contribution is 2.18. The lowest BCUT2D eigenvalue weighted by molar-refractivity contribution is -0.125. The maximum Gasteiger partial charge on any atom is 0.223 e. The van der Waals surface area contributed by atoms with E-state index in [-0.39, 0.29) is 17.2 Å². The molecule has 0 aromatic heterocycles. The Morgan fingerprint density at radius 3 is 2.06 bits per heavy atom. The lowest BCUT2D eigenvalue weighted by Gasteiger charge is -2.21. The van der Waals surface area contributed by atoms with Gasteiger partial charge in [0, 0.05) is 12.5 Å². The molecule has 2 atom stereocenters. The quantitative estimate of drug-likeness (QED) is 0.686. The van der Waals surface area contributed by atoms with Crippen molar-refractivity contribution in [3.8, 4) is 0 Å². The molecule has 0 bridgehead atoms. The van der Waals surface area contributed by atoms with Crippen LogP contribution in [0.4, 0.5) is 0 Å². The average molecular weight is 248 g/mol. The second-order valence-electron chi connectivity index (χ2n) is 4.87. The third-order valence-electron chi connectivity index (χ3n) is 3.45. The van der Waals surface area contributed by atoms with Gasteiger partial charge in [0.15, 0.2) is 0 Å². The molecule has 2 nitrogen and oxygen atoms in total. The van der Waals surface area contributed by atoms with Crippen LogP contribution in [-0.2, 0) is 4.79 Å². The summed E-state index contributed by atoms with van der Waals surface area (Å²) in [7, 11) is 0. The van der Waals surface area contributed by atoms with Crippen LogP contribution in [0.2, 0.25) is 0 Å². The summed E-state index contributed by atoms with van der Waals surface area (Å²) in [5, 5.41) is 3.00. The average Bonchev–Trinajstić information content (AvgIpc) is 2.26. The maximum atomic E-state index is 11.7. The van der Waals surface area contributed by atoms with E-state index in [4.69, 9.17) is 11.6 Å². The van der Waals surface area contributed by atoms with Crippen LogP contribution in [0.5, 0.6) is 0 Å². The summed E-state index contributed by atoms with van der Waals surface area (Å²) in [5.41, 5.74) is 0. The number of alkyl halides is 1. The van der Waals surface area contributed by atoms with Gasteiger partial charge in [-0.1, -0.05) is 47.5 Å². The molecule has 0 aliphatic rings. The molecule has 0 rings (SSSR count). The molecule has 0 aliphatic carbocycles. The van der Waals surface area contributed by atoms with Gasteiger partial charge in [0.25, 0.3) is 0 Å². The van der Waals surface area contributed by atoms with Crippen LogP contribution in [0.3, 0.4) is 0 Å². The van der Waals surface area contributed by atoms with Gasteiger partial charge in [-0.15, -0.1) is 11.6 Å². The molecule has 1 N–H and O–H groups in total. The van der Waals surface area contributed by atoms with Crippen LogP contribution < -0.4 is 5.32 Å². The molecule has 0 spiro atoms. The summed E-state index contributed by atoms with van der Waals surface area (Å²) < 4.78 is 0. The number of hydrogen-bond donors (Lipinski definition) is 1. The number of amides is 1. The summed E-state index contributed by atoms with van der Waals surface area (Å²) >= 11 is 6.26. The minimum Gasteiger partial charge on any atom is -0.354 e. The highest BCUT2D eigenvalue weighted by atomic mass is 35.5. The molecule has 0 saturated heterocycles. The molecule has 0 fully saturated rings. The normalized spacial score (nSPS) is 15.2. The minimum absolute atomic E-state index is 0.0540. The molecule has 96 valence electrons. The van der Waals surface area contributed by atoms with Gasteiger partial charge in [-0.05, 0) is 11.8 Å². The van der Waals surface area contributed by atoms with Crippen molar-refractivity contribution in [3.63, 3.8) is 0 Å². The Balaban J connectivity index is 4.00. The highest BCUT2D eigenvalue weighted by Gasteiger charge is 2.20. The summed E-state index contributed by atoms with van der Waals surface area (Å²) in [6.07, 6.45) is 2.14. The predicted molar refractivity (Wildman–Crippen MR) is 70.7 cm³/mol. The van der Waals surface area contributed by atoms with Crippen LogP contribution in [0.15, 0.2) is 0 Å². The third-order valence-corrected chi connectivity index (χ3v) is 3.96. The third kappa shape index (κ3) is 5.20. The fraction of sp³-hybridized carbons (Fsp3) is 0.923. The Bertz CT molecular complexity index is 202. The van der Waals surface area contributed by atoms with Gasteiger partial charge in [0.2, 0.25) is 5.91 Å². The van der Waals surface area contributed by atoms with Crippen molar-refractivity contribution in [2.45, 2.75) is 52.8 Å². The van der Waals surface area contributed by atoms with Crippen molar-refractivity contribution < 1.29 is 4.79 Å². The van der Waals surface area contributed by atoms with E-state index < -0.39 is 0 Å². The predicted octanol–water partition coefficient (Wildman–Crippen LogP) is 3.44. The van der Waals surface area contributed by atoms with Gasteiger partial charge < -0.3 is 5.32 Å². The van der Waals surface area contributed by atoms with Gasteiger partial charge in [-0.2, -0.15) is 0 Å². The van der Waals surface area contributed by atoms with Crippen LogP contribution in [0.1, 0.15) is 47.5 Å². The van der Waals surface area contributed by atoms with Crippen molar-refractivity contribution in [3.05, 3.63) is 0 Å². The molecule has 16 heavy (non-hydrogen) atoms. The van der Waals surface area contributed by atoms with E-state index in [9.17, 15) is 4.79 Å². The first-order valence-electron chi connectivity index (χ1n) is 6.35. The lowest BCUT2D eigenvalue weighted by atomic mass is 9.96. The van der Waals surface area contributed by atoms with Crippen molar-refractivity contribution in [2.75, 3.05) is 6.54 Å². The first-order chi connectivity index (χ1) is 7.43. The Kier molecular flexibility index (Phi) is 7.82. The Morgan fingerprint density at radius 2 is 1.69 bits per heavy atom. The van der Waals surface area contributed by atoms with Crippen LogP contribution in [0.25, 0.3) is 0 Å². The molecule has 0 heterocycles. The molecule has 0 aromatic rings. The van der Waals surface area contributed by atoms with E-state index in [0.29, 0.717) is 18.4 Å². The molecule has 0 aromatic carbocycles. The number of halogens is 1. The largest absolute Gasteiger partial charge is 0.354 e. The molecule has 0 radical (unpaired) electrons. The smallest absolute Gasteiger partial charge is 0.223 e. The minimum atomic E-state index is 0.0540. The Hall–Kier alpha value is -0.240. The van der Waals surface area contributed by atoms with Crippen molar-refractivity contribution in [2.24, 2.45) is 17.8 Å². The SMILES string of the molecule is CCC(CC)C(Cl)CNC(=O)C(C)C(C)C. The zero-order valence-corrected chi connectivity index (χ0v) is 12.0. The van der Waals surface area contributed by atoms with Gasteiger partial charge in [0.05, 0.1) is 5.38 Å². The number of nitrogens with one attached hydrogen (secondary N) is 1. The van der Waals surface area contributed by atoms with Crippen LogP contribution in [-0.4, -0.2) is 17.8 Å². The second kappa shape index (κ2) is 7.94. The van der Waals surface area contributed by atoms with E-state index in [1.54, 1.807) is 0 Å². The van der Waals surface area contributed by atoms with Crippen LogP contribution in [0, 0.1) is 17.8 Å². The summed E-state index contributed by atoms with van der Waals surface area (Å²) in [4.78, 5) is 11.7. The summed E-state index contributed by atoms with van der Waals surface area (Å²) in [6, 6.07) is 0. The van der Waals surface area contributed by atoms with E-state index in [0.717, 1.165) is 12.8 Å². The van der Waals surface area contributed by atoms with E-state index in [2.05, 4.69) is 33.0 Å². The lowest BCUT2D eigenvalue weighted by Crippen LogP contribution is -2.37. The molecular formula is C13H26ClNO. The monoisotopic (exact) mass is 247 g/mol. The fourth-order valence-electron chi connectivity index (χ4n) is 1.63. The topological polar surface area (TPSA) is 29.1 Å². The summed E-state index contributed by atoms with van der Waals surface area (Å²) in [6.45, 7) is 10.9. The van der Waals surface area contributed by atoms with Gasteiger partial charge >= 0.3 is 0 Å². The van der Waals surface area contributed by atoms with E-state index in [1.807, 2.05) is 6.92 Å². The zero-order chi connectivity index (χ0) is 12.7. The zero-order valence-electron chi connectivity index (χ0n) is 11.2. The standard InChI is InChI=1S/C13H26ClNO/c1-6-11(7-2)12(14)8-15-13(16)10(5)9(3)4/h9-12H,6-8H2,1-5H3,(H,15,16). The fourth-order valence-corrected chi connectivity index (χ4v) is 2.06. The Morgan fingerprint density at radius 1 is 1.19 bits per heavy atom. The van der Waals surface area contributed by atoms with Gasteiger partial charge in [0.1, 0.15) is 0 Å². The van der Waals surface area contributed by atoms with E-state index >= 15 is 0 Å². The summed E-state index contributed by atoms with van der Waals surface area (Å²) in [5.74, 6) is 1.05. The number of rotatable bonds is 7. The molecule has 1 amide bonds. The van der Waals surface area contributed by atoms with Gasteiger partial charge in [-0.3, -0.25) is 4.79 Å². The van der Waals surface area contributed by atoms with E-state index in [1.165, 1.54) is 0 Å². The molecular weight excluding hydrogens is 222 g/mol. The molecule has 0 saturated carbocycles. The first-order valence-corrected chi connectivity index (χ1v) is 6.79. The number of hydrogen-bond acceptors (Lipinski definition) is 1. The number of carbonyl (C=O) groups is 1. The van der Waals surface area contributed by atoms with Crippen molar-refractivity contribution >= 4 is 17.5 Å². The maximum absolute atomic E-state index is 11.7. The van der Waals surface area contributed by atoms with Crippen molar-refractivity contribution in [1.82, 2.24) is 5.32 Å². The Labute approximate surface area is 105 Å². The highest BCUT2D eigenvalue weighted by molar-refractivity contribution is 6.21. The molecule has 2 unspecified atom stereocenters. The first kappa shape index (κ1) is 15.8. The molecule has 0 aliphatic heterocycles.